The molecule has 14 heteroatoms. The number of aliphatic hydroxyl groups is 1. The number of hydrogen-bond acceptors (Lipinski definition) is 10. The Morgan fingerprint density at radius 1 is 1.38 bits per heavy atom. The zero-order valence-corrected chi connectivity index (χ0v) is 18.0. The number of nitrogens with zero attached hydrogens (tertiary/aromatic N) is 4. The van der Waals surface area contributed by atoms with Crippen molar-refractivity contribution in [1.82, 2.24) is 19.5 Å². The molecule has 3 heterocycles. The van der Waals surface area contributed by atoms with Crippen molar-refractivity contribution in [1.29, 1.82) is 0 Å². The summed E-state index contributed by atoms with van der Waals surface area (Å²) in [5.41, 5.74) is 3.92. The van der Waals surface area contributed by atoms with E-state index in [4.69, 9.17) is 19.5 Å². The molecule has 32 heavy (non-hydrogen) atoms. The standard InChI is InChI=1S/C18H22FN6O6P/c1-18(19)13(26)11(8-29-32(27,28)31-10-6-4-3-5-7-10)30-16(18)25-9-22-12-14(21-2)23-17(20)24-15(12)25/h3-7,9,11,13,16,26H,8H2,1-2H3,(H,27,28)(H3,20,21,23,24)/t11-,13?,16-,18-/m1/s1. The van der Waals surface area contributed by atoms with Crippen molar-refractivity contribution in [3.8, 4) is 5.75 Å². The molecule has 1 fully saturated rings. The van der Waals surface area contributed by atoms with Gasteiger partial charge in [-0.3, -0.25) is 14.0 Å². The van der Waals surface area contributed by atoms with Gasteiger partial charge in [0.05, 0.1) is 12.9 Å². The minimum atomic E-state index is -4.55. The van der Waals surface area contributed by atoms with Gasteiger partial charge < -0.3 is 25.4 Å². The first-order chi connectivity index (χ1) is 15.1. The van der Waals surface area contributed by atoms with E-state index >= 15 is 4.39 Å². The highest BCUT2D eigenvalue weighted by molar-refractivity contribution is 7.47. The molecule has 0 radical (unpaired) electrons. The van der Waals surface area contributed by atoms with Crippen molar-refractivity contribution in [2.45, 2.75) is 31.0 Å². The lowest BCUT2D eigenvalue weighted by atomic mass is 9.98. The first-order valence-corrected chi connectivity index (χ1v) is 11.0. The third-order valence-corrected chi connectivity index (χ3v) is 5.93. The van der Waals surface area contributed by atoms with Crippen LogP contribution in [0.1, 0.15) is 13.2 Å². The number of benzene rings is 1. The van der Waals surface area contributed by atoms with Gasteiger partial charge in [0.15, 0.2) is 28.9 Å². The quantitative estimate of drug-likeness (QED) is 0.372. The minimum absolute atomic E-state index is 0.0677. The number of imidazole rings is 1. The molecule has 12 nitrogen and oxygen atoms in total. The first-order valence-electron chi connectivity index (χ1n) is 9.54. The molecule has 4 rings (SSSR count). The summed E-state index contributed by atoms with van der Waals surface area (Å²) in [6.45, 7) is 0.528. The van der Waals surface area contributed by atoms with Gasteiger partial charge in [-0.05, 0) is 19.1 Å². The number of rotatable bonds is 7. The number of aromatic nitrogens is 4. The highest BCUT2D eigenvalue weighted by atomic mass is 31.2. The minimum Gasteiger partial charge on any atom is -0.404 e. The molecule has 0 bridgehead atoms. The van der Waals surface area contributed by atoms with Crippen LogP contribution in [0.4, 0.5) is 16.2 Å². The molecule has 5 N–H and O–H groups in total. The summed E-state index contributed by atoms with van der Waals surface area (Å²) in [6, 6.07) is 7.88. The Bertz CT molecular complexity index is 1160. The van der Waals surface area contributed by atoms with E-state index in [1.165, 1.54) is 23.0 Å². The zero-order valence-electron chi connectivity index (χ0n) is 17.1. The van der Waals surface area contributed by atoms with Crippen molar-refractivity contribution in [2.24, 2.45) is 0 Å². The number of phosphoric acid groups is 1. The maximum absolute atomic E-state index is 15.5. The molecule has 1 aliphatic heterocycles. The van der Waals surface area contributed by atoms with Crippen LogP contribution in [0.2, 0.25) is 0 Å². The Morgan fingerprint density at radius 3 is 2.78 bits per heavy atom. The second-order valence-corrected chi connectivity index (χ2v) is 8.67. The van der Waals surface area contributed by atoms with Gasteiger partial charge in [0, 0.05) is 7.05 Å². The summed E-state index contributed by atoms with van der Waals surface area (Å²) in [7, 11) is -2.93. The number of alkyl halides is 1. The van der Waals surface area contributed by atoms with Gasteiger partial charge in [0.25, 0.3) is 0 Å². The molecule has 172 valence electrons. The number of ether oxygens (including phenoxy) is 1. The van der Waals surface area contributed by atoms with E-state index in [1.807, 2.05) is 0 Å². The number of hydrogen-bond donors (Lipinski definition) is 4. The number of anilines is 2. The lowest BCUT2D eigenvalue weighted by Gasteiger charge is -2.24. The number of phosphoric ester groups is 1. The van der Waals surface area contributed by atoms with Crippen molar-refractivity contribution >= 4 is 30.8 Å². The maximum Gasteiger partial charge on any atom is 0.527 e. The predicted octanol–water partition coefficient (Wildman–Crippen LogP) is 1.63. The molecule has 1 aromatic carbocycles. The van der Waals surface area contributed by atoms with E-state index in [0.717, 1.165) is 6.92 Å². The number of halogens is 1. The van der Waals surface area contributed by atoms with E-state index in [9.17, 15) is 14.6 Å². The summed E-state index contributed by atoms with van der Waals surface area (Å²) in [5, 5.41) is 13.3. The summed E-state index contributed by atoms with van der Waals surface area (Å²) < 4.78 is 44.6. The summed E-state index contributed by atoms with van der Waals surface area (Å²) in [5.74, 6) is 0.383. The topological polar surface area (TPSA) is 167 Å². The summed E-state index contributed by atoms with van der Waals surface area (Å²) in [6.07, 6.45) is -3.06. The highest BCUT2D eigenvalue weighted by Gasteiger charge is 2.56. The number of aliphatic hydroxyl groups excluding tert-OH is 1. The summed E-state index contributed by atoms with van der Waals surface area (Å²) >= 11 is 0. The maximum atomic E-state index is 15.5. The molecule has 2 aromatic heterocycles. The van der Waals surface area contributed by atoms with E-state index < -0.39 is 38.5 Å². The van der Waals surface area contributed by atoms with Crippen LogP contribution in [0.15, 0.2) is 36.7 Å². The lowest BCUT2D eigenvalue weighted by Crippen LogP contribution is -2.40. The van der Waals surface area contributed by atoms with Crippen LogP contribution in [0.3, 0.4) is 0 Å². The molecular formula is C18H22FN6O6P. The average molecular weight is 468 g/mol. The first kappa shape index (κ1) is 22.4. The third kappa shape index (κ3) is 4.12. The fraction of sp³-hybridized carbons (Fsp3) is 0.389. The third-order valence-electron chi connectivity index (χ3n) is 5.01. The Hall–Kier alpha value is -2.83. The fourth-order valence-electron chi connectivity index (χ4n) is 3.44. The van der Waals surface area contributed by atoms with Crippen LogP contribution in [0.5, 0.6) is 5.75 Å². The molecule has 5 atom stereocenters. The van der Waals surface area contributed by atoms with Crippen LogP contribution in [0, 0.1) is 0 Å². The number of nitrogen functional groups attached to an aromatic ring is 1. The monoisotopic (exact) mass is 468 g/mol. The Morgan fingerprint density at radius 2 is 2.09 bits per heavy atom. The molecular weight excluding hydrogens is 446 g/mol. The zero-order chi connectivity index (χ0) is 23.1. The van der Waals surface area contributed by atoms with Gasteiger partial charge in [-0.25, -0.2) is 13.9 Å². The van der Waals surface area contributed by atoms with Gasteiger partial charge in [0.2, 0.25) is 5.95 Å². The fourth-order valence-corrected chi connectivity index (χ4v) is 4.21. The molecule has 0 saturated carbocycles. The van der Waals surface area contributed by atoms with Gasteiger partial charge in [-0.2, -0.15) is 9.97 Å². The van der Waals surface area contributed by atoms with Crippen LogP contribution >= 0.6 is 7.82 Å². The van der Waals surface area contributed by atoms with Crippen LogP contribution < -0.4 is 15.6 Å². The molecule has 0 amide bonds. The van der Waals surface area contributed by atoms with Crippen molar-refractivity contribution in [2.75, 3.05) is 24.7 Å². The van der Waals surface area contributed by atoms with Gasteiger partial charge >= 0.3 is 7.82 Å². The Labute approximate surface area is 181 Å². The number of nitrogens with two attached hydrogens (primary N) is 1. The molecule has 1 aliphatic rings. The second kappa shape index (κ2) is 8.26. The average Bonchev–Trinajstić information content (AvgIpc) is 3.25. The normalized spacial score (nSPS) is 27.3. The van der Waals surface area contributed by atoms with E-state index in [0.29, 0.717) is 11.3 Å². The number of para-hydroxylation sites is 1. The van der Waals surface area contributed by atoms with Gasteiger partial charge in [-0.1, -0.05) is 18.2 Å². The van der Waals surface area contributed by atoms with Crippen molar-refractivity contribution < 1.29 is 32.7 Å². The van der Waals surface area contributed by atoms with Crippen molar-refractivity contribution in [3.63, 3.8) is 0 Å². The van der Waals surface area contributed by atoms with Crippen LogP contribution in [-0.4, -0.2) is 61.1 Å². The van der Waals surface area contributed by atoms with Crippen LogP contribution in [0.25, 0.3) is 11.2 Å². The smallest absolute Gasteiger partial charge is 0.404 e. The molecule has 3 aromatic rings. The molecule has 0 spiro atoms. The largest absolute Gasteiger partial charge is 0.527 e. The Balaban J connectivity index is 1.54. The summed E-state index contributed by atoms with van der Waals surface area (Å²) in [4.78, 5) is 22.2. The van der Waals surface area contributed by atoms with Gasteiger partial charge in [0.1, 0.15) is 18.0 Å². The number of fused-ring (bicyclic) bond motifs is 1. The Kier molecular flexibility index (Phi) is 5.77. The van der Waals surface area contributed by atoms with E-state index in [-0.39, 0.29) is 17.3 Å². The van der Waals surface area contributed by atoms with E-state index in [1.54, 1.807) is 25.2 Å². The predicted molar refractivity (Wildman–Crippen MR) is 112 cm³/mol. The molecule has 0 aliphatic carbocycles. The molecule has 1 saturated heterocycles. The van der Waals surface area contributed by atoms with E-state index in [2.05, 4.69) is 20.3 Å². The number of nitrogens with one attached hydrogen (secondary N) is 1. The van der Waals surface area contributed by atoms with Gasteiger partial charge in [-0.15, -0.1) is 0 Å². The van der Waals surface area contributed by atoms with Crippen LogP contribution in [-0.2, 0) is 13.8 Å². The highest BCUT2D eigenvalue weighted by Crippen LogP contribution is 2.47. The lowest BCUT2D eigenvalue weighted by molar-refractivity contribution is -0.0558. The second-order valence-electron chi connectivity index (χ2n) is 7.30. The van der Waals surface area contributed by atoms with Crippen molar-refractivity contribution in [3.05, 3.63) is 36.7 Å². The molecule has 2 unspecified atom stereocenters. The SMILES string of the molecule is CNc1nc(N)nc2c1ncn2[C@@H]1O[C@H](COP(=O)(O)Oc2ccccc2)C(O)[C@@]1(C)F.